The average Bonchev–Trinajstić information content (AvgIpc) is 3.36. The van der Waals surface area contributed by atoms with E-state index in [-0.39, 0.29) is 18.5 Å². The first-order valence-corrected chi connectivity index (χ1v) is 9.61. The van der Waals surface area contributed by atoms with Gasteiger partial charge in [-0.15, -0.1) is 0 Å². The van der Waals surface area contributed by atoms with Crippen molar-refractivity contribution in [2.75, 3.05) is 19.6 Å². The van der Waals surface area contributed by atoms with Gasteiger partial charge in [0, 0.05) is 36.1 Å². The van der Waals surface area contributed by atoms with Crippen molar-refractivity contribution in [3.05, 3.63) is 59.7 Å². The highest BCUT2D eigenvalue weighted by Crippen LogP contribution is 2.27. The van der Waals surface area contributed by atoms with E-state index >= 15 is 0 Å². The summed E-state index contributed by atoms with van der Waals surface area (Å²) in [4.78, 5) is 29.5. The summed E-state index contributed by atoms with van der Waals surface area (Å²) < 4.78 is 5.25. The molecular weight excluding hydrogens is 356 g/mol. The fraction of sp³-hybridized carbons (Fsp3) is 0.333. The van der Waals surface area contributed by atoms with Crippen molar-refractivity contribution >= 4 is 22.8 Å². The molecule has 1 aromatic carbocycles. The fourth-order valence-corrected chi connectivity index (χ4v) is 3.64. The summed E-state index contributed by atoms with van der Waals surface area (Å²) >= 11 is 0. The van der Waals surface area contributed by atoms with Crippen molar-refractivity contribution in [1.29, 1.82) is 0 Å². The predicted molar refractivity (Wildman–Crippen MR) is 106 cm³/mol. The highest BCUT2D eigenvalue weighted by Gasteiger charge is 2.23. The highest BCUT2D eigenvalue weighted by atomic mass is 16.3. The van der Waals surface area contributed by atoms with E-state index in [0.717, 1.165) is 36.2 Å². The summed E-state index contributed by atoms with van der Waals surface area (Å²) in [7, 11) is 0. The molecule has 7 nitrogen and oxygen atoms in total. The van der Waals surface area contributed by atoms with Crippen LogP contribution in [0.1, 0.15) is 23.4 Å². The third kappa shape index (κ3) is 4.03. The zero-order chi connectivity index (χ0) is 19.3. The van der Waals surface area contributed by atoms with Gasteiger partial charge in [-0.3, -0.25) is 4.79 Å². The molecule has 0 saturated carbocycles. The van der Waals surface area contributed by atoms with Crippen LogP contribution in [-0.2, 0) is 24.2 Å². The second kappa shape index (κ2) is 8.21. The van der Waals surface area contributed by atoms with E-state index in [1.165, 1.54) is 10.9 Å². The number of carbonyl (C=O) groups excluding carboxylic acids is 2. The molecule has 3 aromatic rings. The number of urea groups is 1. The molecule has 0 saturated heterocycles. The maximum Gasteiger partial charge on any atom is 0.318 e. The molecule has 1 aliphatic heterocycles. The second-order valence-corrected chi connectivity index (χ2v) is 6.99. The Morgan fingerprint density at radius 2 is 2.04 bits per heavy atom. The zero-order valence-electron chi connectivity index (χ0n) is 15.7. The summed E-state index contributed by atoms with van der Waals surface area (Å²) in [5.41, 5.74) is 3.46. The monoisotopic (exact) mass is 380 g/mol. The van der Waals surface area contributed by atoms with Crippen LogP contribution < -0.4 is 10.6 Å². The Hall–Kier alpha value is -3.22. The first-order chi connectivity index (χ1) is 13.7. The molecule has 0 aliphatic carbocycles. The topological polar surface area (TPSA) is 90.4 Å². The summed E-state index contributed by atoms with van der Waals surface area (Å²) in [6, 6.07) is 11.7. The van der Waals surface area contributed by atoms with Gasteiger partial charge in [-0.1, -0.05) is 18.2 Å². The number of hydrogen-bond donors (Lipinski definition) is 3. The van der Waals surface area contributed by atoms with Crippen molar-refractivity contribution < 1.29 is 14.0 Å². The standard InChI is InChI=1S/C21H24N4O3/c26-20(22-10-3-5-15-6-4-12-28-15)13-23-21(27)25-11-9-17-16-7-1-2-8-18(16)24-19(17)14-25/h1-2,4,6-8,12,24H,3,5,9-11,13-14H2,(H,22,26)(H,23,27). The van der Waals surface area contributed by atoms with Gasteiger partial charge >= 0.3 is 6.03 Å². The van der Waals surface area contributed by atoms with Gasteiger partial charge in [-0.25, -0.2) is 4.79 Å². The lowest BCUT2D eigenvalue weighted by Gasteiger charge is -2.27. The third-order valence-corrected chi connectivity index (χ3v) is 5.07. The van der Waals surface area contributed by atoms with E-state index in [2.05, 4.69) is 21.7 Å². The molecule has 3 amide bonds. The maximum atomic E-state index is 12.4. The van der Waals surface area contributed by atoms with Crippen LogP contribution in [-0.4, -0.2) is 41.5 Å². The summed E-state index contributed by atoms with van der Waals surface area (Å²) in [5.74, 6) is 0.722. The number of aromatic amines is 1. The quantitative estimate of drug-likeness (QED) is 0.574. The number of amides is 3. The Balaban J connectivity index is 1.21. The number of aromatic nitrogens is 1. The third-order valence-electron chi connectivity index (χ3n) is 5.07. The van der Waals surface area contributed by atoms with E-state index in [0.29, 0.717) is 19.6 Å². The molecule has 0 unspecified atom stereocenters. The summed E-state index contributed by atoms with van der Waals surface area (Å²) in [5, 5.41) is 6.76. The molecule has 7 heteroatoms. The minimum Gasteiger partial charge on any atom is -0.469 e. The molecule has 0 atom stereocenters. The highest BCUT2D eigenvalue weighted by molar-refractivity contribution is 5.86. The number of furan rings is 1. The molecule has 146 valence electrons. The first-order valence-electron chi connectivity index (χ1n) is 9.61. The zero-order valence-corrected chi connectivity index (χ0v) is 15.7. The molecule has 0 fully saturated rings. The number of carbonyl (C=O) groups is 2. The first kappa shape index (κ1) is 18.2. The smallest absolute Gasteiger partial charge is 0.318 e. The van der Waals surface area contributed by atoms with Gasteiger partial charge < -0.3 is 24.9 Å². The molecule has 4 rings (SSSR count). The van der Waals surface area contributed by atoms with Crippen LogP contribution in [0, 0.1) is 0 Å². The van der Waals surface area contributed by atoms with Gasteiger partial charge in [0.25, 0.3) is 0 Å². The van der Waals surface area contributed by atoms with Gasteiger partial charge in [-0.2, -0.15) is 0 Å². The lowest BCUT2D eigenvalue weighted by Crippen LogP contribution is -2.46. The molecule has 2 aromatic heterocycles. The Morgan fingerprint density at radius 1 is 1.14 bits per heavy atom. The minimum atomic E-state index is -0.213. The second-order valence-electron chi connectivity index (χ2n) is 6.99. The average molecular weight is 380 g/mol. The molecule has 3 N–H and O–H groups in total. The van der Waals surface area contributed by atoms with E-state index in [1.807, 2.05) is 30.3 Å². The van der Waals surface area contributed by atoms with E-state index in [1.54, 1.807) is 11.2 Å². The molecular formula is C21H24N4O3. The van der Waals surface area contributed by atoms with Crippen LogP contribution in [0.4, 0.5) is 4.79 Å². The van der Waals surface area contributed by atoms with Crippen LogP contribution in [0.3, 0.4) is 0 Å². The molecule has 0 spiro atoms. The van der Waals surface area contributed by atoms with E-state index in [9.17, 15) is 9.59 Å². The van der Waals surface area contributed by atoms with Crippen LogP contribution in [0.15, 0.2) is 47.1 Å². The maximum absolute atomic E-state index is 12.4. The normalized spacial score (nSPS) is 13.4. The molecule has 0 radical (unpaired) electrons. The van der Waals surface area contributed by atoms with Crippen molar-refractivity contribution in [2.45, 2.75) is 25.8 Å². The lowest BCUT2D eigenvalue weighted by molar-refractivity contribution is -0.120. The lowest BCUT2D eigenvalue weighted by atomic mass is 10.0. The van der Waals surface area contributed by atoms with Crippen molar-refractivity contribution in [3.63, 3.8) is 0 Å². The van der Waals surface area contributed by atoms with Gasteiger partial charge in [0.15, 0.2) is 0 Å². The molecule has 1 aliphatic rings. The number of nitrogens with one attached hydrogen (secondary N) is 3. The Morgan fingerprint density at radius 3 is 2.89 bits per heavy atom. The van der Waals surface area contributed by atoms with Gasteiger partial charge in [0.2, 0.25) is 5.91 Å². The Kier molecular flexibility index (Phi) is 5.32. The number of aryl methyl sites for hydroxylation is 1. The number of hydrogen-bond acceptors (Lipinski definition) is 3. The summed E-state index contributed by atoms with van der Waals surface area (Å²) in [6.45, 7) is 1.71. The number of para-hydroxylation sites is 1. The predicted octanol–water partition coefficient (Wildman–Crippen LogP) is 2.58. The van der Waals surface area contributed by atoms with E-state index in [4.69, 9.17) is 4.42 Å². The number of rotatable bonds is 6. The van der Waals surface area contributed by atoms with E-state index < -0.39 is 0 Å². The number of H-pyrrole nitrogens is 1. The number of fused-ring (bicyclic) bond motifs is 3. The minimum absolute atomic E-state index is 0.0182. The summed E-state index contributed by atoms with van der Waals surface area (Å²) in [6.07, 6.45) is 4.03. The number of nitrogens with zero attached hydrogens (tertiary/aromatic N) is 1. The molecule has 28 heavy (non-hydrogen) atoms. The van der Waals surface area contributed by atoms with Crippen LogP contribution in [0.2, 0.25) is 0 Å². The SMILES string of the molecule is O=C(CNC(=O)N1CCc2c([nH]c3ccccc23)C1)NCCCc1ccco1. The van der Waals surface area contributed by atoms with Gasteiger partial charge in [0.05, 0.1) is 19.4 Å². The van der Waals surface area contributed by atoms with Crippen LogP contribution >= 0.6 is 0 Å². The van der Waals surface area contributed by atoms with Gasteiger partial charge in [-0.05, 0) is 36.6 Å². The fourth-order valence-electron chi connectivity index (χ4n) is 3.64. The van der Waals surface area contributed by atoms with Crippen LogP contribution in [0.25, 0.3) is 10.9 Å². The van der Waals surface area contributed by atoms with Crippen LogP contribution in [0.5, 0.6) is 0 Å². The van der Waals surface area contributed by atoms with Gasteiger partial charge in [0.1, 0.15) is 5.76 Å². The van der Waals surface area contributed by atoms with Crippen molar-refractivity contribution in [2.24, 2.45) is 0 Å². The largest absolute Gasteiger partial charge is 0.469 e. The molecule has 0 bridgehead atoms. The number of benzene rings is 1. The van der Waals surface area contributed by atoms with Crippen molar-refractivity contribution in [1.82, 2.24) is 20.5 Å². The van der Waals surface area contributed by atoms with Crippen molar-refractivity contribution in [3.8, 4) is 0 Å². The molecule has 3 heterocycles. The Bertz CT molecular complexity index is 961. The Labute approximate surface area is 163 Å².